The molecule has 0 bridgehead atoms. The first-order valence-corrected chi connectivity index (χ1v) is 6.42. The standard InChI is InChI=1S/C17H17NO/c1-11-4-7-17-15(8-11)16(10-18-17)14-9-13(19-3)6-5-12(14)2/h4-10,18H,1-3H3. The van der Waals surface area contributed by atoms with Gasteiger partial charge >= 0.3 is 0 Å². The van der Waals surface area contributed by atoms with E-state index in [1.54, 1.807) is 7.11 Å². The summed E-state index contributed by atoms with van der Waals surface area (Å²) in [7, 11) is 1.70. The van der Waals surface area contributed by atoms with Crippen molar-refractivity contribution in [2.45, 2.75) is 13.8 Å². The molecule has 1 N–H and O–H groups in total. The van der Waals surface area contributed by atoms with Crippen LogP contribution in [-0.4, -0.2) is 12.1 Å². The van der Waals surface area contributed by atoms with E-state index in [1.807, 2.05) is 6.07 Å². The van der Waals surface area contributed by atoms with Gasteiger partial charge < -0.3 is 9.72 Å². The predicted octanol–water partition coefficient (Wildman–Crippen LogP) is 4.46. The average molecular weight is 251 g/mol. The van der Waals surface area contributed by atoms with E-state index in [1.165, 1.54) is 33.2 Å². The third-order valence-electron chi connectivity index (χ3n) is 3.57. The van der Waals surface area contributed by atoms with Crippen molar-refractivity contribution in [3.05, 3.63) is 53.7 Å². The summed E-state index contributed by atoms with van der Waals surface area (Å²) in [5.74, 6) is 0.891. The van der Waals surface area contributed by atoms with E-state index in [0.29, 0.717) is 0 Å². The van der Waals surface area contributed by atoms with Crippen LogP contribution in [0.15, 0.2) is 42.6 Å². The number of H-pyrrole nitrogens is 1. The van der Waals surface area contributed by atoms with Gasteiger partial charge in [0.05, 0.1) is 7.11 Å². The molecule has 3 aromatic rings. The minimum Gasteiger partial charge on any atom is -0.497 e. The average Bonchev–Trinajstić information content (AvgIpc) is 2.82. The van der Waals surface area contributed by atoms with Gasteiger partial charge in [-0.2, -0.15) is 0 Å². The van der Waals surface area contributed by atoms with Crippen LogP contribution in [0.3, 0.4) is 0 Å². The Morgan fingerprint density at radius 1 is 0.947 bits per heavy atom. The number of nitrogens with one attached hydrogen (secondary N) is 1. The summed E-state index contributed by atoms with van der Waals surface area (Å²) in [6.07, 6.45) is 2.08. The molecule has 1 aromatic heterocycles. The zero-order valence-electron chi connectivity index (χ0n) is 11.4. The molecule has 3 rings (SSSR count). The molecule has 0 fully saturated rings. The van der Waals surface area contributed by atoms with E-state index in [4.69, 9.17) is 4.74 Å². The van der Waals surface area contributed by atoms with Gasteiger partial charge in [0, 0.05) is 22.7 Å². The molecule has 2 aromatic carbocycles. The molecule has 0 spiro atoms. The van der Waals surface area contributed by atoms with Gasteiger partial charge in [-0.15, -0.1) is 0 Å². The Morgan fingerprint density at radius 2 is 1.79 bits per heavy atom. The fourth-order valence-corrected chi connectivity index (χ4v) is 2.48. The van der Waals surface area contributed by atoms with E-state index < -0.39 is 0 Å². The highest BCUT2D eigenvalue weighted by atomic mass is 16.5. The van der Waals surface area contributed by atoms with Crippen LogP contribution in [-0.2, 0) is 0 Å². The van der Waals surface area contributed by atoms with Crippen molar-refractivity contribution >= 4 is 10.9 Å². The van der Waals surface area contributed by atoms with Gasteiger partial charge in [-0.3, -0.25) is 0 Å². The van der Waals surface area contributed by atoms with Crippen molar-refractivity contribution < 1.29 is 4.74 Å². The summed E-state index contributed by atoms with van der Waals surface area (Å²) in [4.78, 5) is 3.34. The molecular formula is C17H17NO. The first-order valence-electron chi connectivity index (χ1n) is 6.42. The Bertz CT molecular complexity index is 740. The molecule has 1 heterocycles. The van der Waals surface area contributed by atoms with Crippen LogP contribution in [0.1, 0.15) is 11.1 Å². The molecule has 0 aliphatic rings. The fraction of sp³-hybridized carbons (Fsp3) is 0.176. The van der Waals surface area contributed by atoms with Gasteiger partial charge in [-0.1, -0.05) is 17.7 Å². The lowest BCUT2D eigenvalue weighted by Gasteiger charge is -2.08. The fourth-order valence-electron chi connectivity index (χ4n) is 2.48. The largest absolute Gasteiger partial charge is 0.497 e. The van der Waals surface area contributed by atoms with Gasteiger partial charge in [0.25, 0.3) is 0 Å². The number of methoxy groups -OCH3 is 1. The molecule has 96 valence electrons. The van der Waals surface area contributed by atoms with Crippen LogP contribution < -0.4 is 4.74 Å². The van der Waals surface area contributed by atoms with Crippen LogP contribution in [0.4, 0.5) is 0 Å². The quantitative estimate of drug-likeness (QED) is 0.714. The highest BCUT2D eigenvalue weighted by Crippen LogP contribution is 2.33. The van der Waals surface area contributed by atoms with Gasteiger partial charge in [0.15, 0.2) is 0 Å². The van der Waals surface area contributed by atoms with E-state index in [9.17, 15) is 0 Å². The second kappa shape index (κ2) is 4.47. The summed E-state index contributed by atoms with van der Waals surface area (Å²) < 4.78 is 5.33. The maximum absolute atomic E-state index is 5.33. The van der Waals surface area contributed by atoms with Crippen LogP contribution in [0, 0.1) is 13.8 Å². The molecule has 0 unspecified atom stereocenters. The SMILES string of the molecule is COc1ccc(C)c(-c2c[nH]c3ccc(C)cc23)c1. The first kappa shape index (κ1) is 11.8. The van der Waals surface area contributed by atoms with Crippen molar-refractivity contribution in [2.75, 3.05) is 7.11 Å². The number of hydrogen-bond acceptors (Lipinski definition) is 1. The Balaban J connectivity index is 2.26. The summed E-state index contributed by atoms with van der Waals surface area (Å²) in [5, 5.41) is 1.26. The van der Waals surface area contributed by atoms with Crippen molar-refractivity contribution in [2.24, 2.45) is 0 Å². The van der Waals surface area contributed by atoms with Crippen LogP contribution in [0.2, 0.25) is 0 Å². The lowest BCUT2D eigenvalue weighted by Crippen LogP contribution is -1.87. The molecule has 0 aliphatic carbocycles. The monoisotopic (exact) mass is 251 g/mol. The van der Waals surface area contributed by atoms with Crippen molar-refractivity contribution in [3.63, 3.8) is 0 Å². The maximum atomic E-state index is 5.33. The van der Waals surface area contributed by atoms with Crippen molar-refractivity contribution in [3.8, 4) is 16.9 Å². The highest BCUT2D eigenvalue weighted by Gasteiger charge is 2.09. The van der Waals surface area contributed by atoms with Crippen molar-refractivity contribution in [1.29, 1.82) is 0 Å². The highest BCUT2D eigenvalue weighted by molar-refractivity contribution is 5.96. The third kappa shape index (κ3) is 1.99. The summed E-state index contributed by atoms with van der Waals surface area (Å²) in [5.41, 5.74) is 6.14. The van der Waals surface area contributed by atoms with E-state index in [-0.39, 0.29) is 0 Å². The number of aromatic amines is 1. The second-order valence-corrected chi connectivity index (χ2v) is 4.93. The molecule has 2 nitrogen and oxygen atoms in total. The summed E-state index contributed by atoms with van der Waals surface area (Å²) >= 11 is 0. The Kier molecular flexibility index (Phi) is 2.79. The van der Waals surface area contributed by atoms with Crippen LogP contribution in [0.5, 0.6) is 5.75 Å². The smallest absolute Gasteiger partial charge is 0.119 e. The number of ether oxygens (including phenoxy) is 1. The Labute approximate surface area is 113 Å². The second-order valence-electron chi connectivity index (χ2n) is 4.93. The minimum absolute atomic E-state index is 0.891. The third-order valence-corrected chi connectivity index (χ3v) is 3.57. The normalized spacial score (nSPS) is 10.9. The molecule has 0 saturated heterocycles. The van der Waals surface area contributed by atoms with Gasteiger partial charge in [-0.05, 0) is 49.2 Å². The topological polar surface area (TPSA) is 25.0 Å². The van der Waals surface area contributed by atoms with Gasteiger partial charge in [0.1, 0.15) is 5.75 Å². The molecule has 0 radical (unpaired) electrons. The Morgan fingerprint density at radius 3 is 2.58 bits per heavy atom. The number of benzene rings is 2. The molecule has 0 amide bonds. The molecule has 0 atom stereocenters. The number of fused-ring (bicyclic) bond motifs is 1. The Hall–Kier alpha value is -2.22. The van der Waals surface area contributed by atoms with Gasteiger partial charge in [0.2, 0.25) is 0 Å². The molecule has 0 saturated carbocycles. The van der Waals surface area contributed by atoms with E-state index in [2.05, 4.69) is 55.4 Å². The van der Waals surface area contributed by atoms with E-state index in [0.717, 1.165) is 5.75 Å². The zero-order chi connectivity index (χ0) is 13.4. The van der Waals surface area contributed by atoms with Crippen LogP contribution >= 0.6 is 0 Å². The number of hydrogen-bond donors (Lipinski definition) is 1. The van der Waals surface area contributed by atoms with Gasteiger partial charge in [-0.25, -0.2) is 0 Å². The predicted molar refractivity (Wildman–Crippen MR) is 79.8 cm³/mol. The van der Waals surface area contributed by atoms with Crippen molar-refractivity contribution in [1.82, 2.24) is 4.98 Å². The van der Waals surface area contributed by atoms with Crippen LogP contribution in [0.25, 0.3) is 22.0 Å². The molecule has 0 aliphatic heterocycles. The summed E-state index contributed by atoms with van der Waals surface area (Å²) in [6.45, 7) is 4.25. The number of rotatable bonds is 2. The lowest BCUT2D eigenvalue weighted by atomic mass is 9.99. The molecule has 19 heavy (non-hydrogen) atoms. The minimum atomic E-state index is 0.891. The maximum Gasteiger partial charge on any atom is 0.119 e. The lowest BCUT2D eigenvalue weighted by molar-refractivity contribution is 0.415. The van der Waals surface area contributed by atoms with E-state index >= 15 is 0 Å². The zero-order valence-corrected chi connectivity index (χ0v) is 11.4. The summed E-state index contributed by atoms with van der Waals surface area (Å²) in [6, 6.07) is 12.7. The number of aromatic nitrogens is 1. The first-order chi connectivity index (χ1) is 9.19. The number of aryl methyl sites for hydroxylation is 2. The molecular weight excluding hydrogens is 234 g/mol. The molecule has 2 heteroatoms.